The van der Waals surface area contributed by atoms with E-state index in [0.29, 0.717) is 29.2 Å². The monoisotopic (exact) mass is 436 g/mol. The van der Waals surface area contributed by atoms with Crippen LogP contribution in [0.2, 0.25) is 0 Å². The van der Waals surface area contributed by atoms with E-state index in [-0.39, 0.29) is 10.8 Å². The van der Waals surface area contributed by atoms with Crippen molar-refractivity contribution in [1.82, 2.24) is 9.38 Å². The Balaban J connectivity index is 1.41. The van der Waals surface area contributed by atoms with Gasteiger partial charge < -0.3 is 14.5 Å². The van der Waals surface area contributed by atoms with E-state index in [1.54, 1.807) is 43.3 Å². The van der Waals surface area contributed by atoms with Crippen LogP contribution >= 0.6 is 0 Å². The lowest BCUT2D eigenvalue weighted by atomic mass is 10.2. The minimum absolute atomic E-state index is 0.0269. The Bertz CT molecular complexity index is 1330. The number of rotatable bonds is 6. The summed E-state index contributed by atoms with van der Waals surface area (Å²) in [6.45, 7) is 1.93. The smallest absolute Gasteiger partial charge is 0.255 e. The van der Waals surface area contributed by atoms with E-state index in [0.717, 1.165) is 11.3 Å². The van der Waals surface area contributed by atoms with E-state index in [9.17, 15) is 13.2 Å². The molecule has 2 aromatic heterocycles. The van der Waals surface area contributed by atoms with Crippen LogP contribution in [-0.2, 0) is 16.6 Å². The molecule has 0 fully saturated rings. The molecule has 8 nitrogen and oxygen atoms in total. The number of primary sulfonamides is 1. The lowest BCUT2D eigenvalue weighted by molar-refractivity contribution is 0.102. The fourth-order valence-electron chi connectivity index (χ4n) is 3.10. The van der Waals surface area contributed by atoms with E-state index in [4.69, 9.17) is 9.88 Å². The summed E-state index contributed by atoms with van der Waals surface area (Å²) in [6, 6.07) is 16.9. The van der Waals surface area contributed by atoms with Crippen LogP contribution < -0.4 is 15.2 Å². The highest BCUT2D eigenvalue weighted by molar-refractivity contribution is 7.89. The molecule has 158 valence electrons. The highest BCUT2D eigenvalue weighted by Crippen LogP contribution is 2.20. The van der Waals surface area contributed by atoms with Gasteiger partial charge in [-0.2, -0.15) is 0 Å². The average Bonchev–Trinajstić information content (AvgIpc) is 3.16. The minimum Gasteiger partial charge on any atom is -0.487 e. The number of sulfonamides is 1. The molecule has 0 aliphatic carbocycles. The van der Waals surface area contributed by atoms with Crippen molar-refractivity contribution in [2.24, 2.45) is 5.14 Å². The van der Waals surface area contributed by atoms with Gasteiger partial charge in [0.2, 0.25) is 10.0 Å². The predicted molar refractivity (Wildman–Crippen MR) is 116 cm³/mol. The zero-order valence-electron chi connectivity index (χ0n) is 16.6. The number of benzene rings is 2. The van der Waals surface area contributed by atoms with Gasteiger partial charge in [-0.3, -0.25) is 4.79 Å². The number of nitrogens with one attached hydrogen (secondary N) is 1. The van der Waals surface area contributed by atoms with Gasteiger partial charge in [0.25, 0.3) is 5.91 Å². The number of aryl methyl sites for hydroxylation is 1. The molecule has 0 spiro atoms. The Hall–Kier alpha value is -3.69. The lowest BCUT2D eigenvalue weighted by Gasteiger charge is -2.10. The van der Waals surface area contributed by atoms with Crippen LogP contribution in [0.4, 0.5) is 5.69 Å². The van der Waals surface area contributed by atoms with Gasteiger partial charge in [0.1, 0.15) is 18.0 Å². The van der Waals surface area contributed by atoms with Gasteiger partial charge >= 0.3 is 0 Å². The molecule has 0 atom stereocenters. The normalized spacial score (nSPS) is 11.4. The predicted octanol–water partition coefficient (Wildman–Crippen LogP) is 3.12. The van der Waals surface area contributed by atoms with Crippen molar-refractivity contribution in [2.45, 2.75) is 18.4 Å². The number of nitrogens with two attached hydrogens (primary N) is 1. The van der Waals surface area contributed by atoms with Gasteiger partial charge in [-0.25, -0.2) is 18.5 Å². The van der Waals surface area contributed by atoms with E-state index < -0.39 is 10.0 Å². The van der Waals surface area contributed by atoms with Crippen molar-refractivity contribution in [3.8, 4) is 5.75 Å². The molecule has 2 aromatic carbocycles. The van der Waals surface area contributed by atoms with Gasteiger partial charge in [0.15, 0.2) is 0 Å². The molecule has 0 unspecified atom stereocenters. The number of amides is 1. The number of nitrogens with zero attached hydrogens (tertiary/aromatic N) is 2. The number of aromatic nitrogens is 2. The summed E-state index contributed by atoms with van der Waals surface area (Å²) in [6.07, 6.45) is 3.81. The van der Waals surface area contributed by atoms with Crippen LogP contribution in [-0.4, -0.2) is 23.7 Å². The molecule has 0 radical (unpaired) electrons. The van der Waals surface area contributed by atoms with Gasteiger partial charge in [-0.05, 0) is 61.0 Å². The average molecular weight is 436 g/mol. The van der Waals surface area contributed by atoms with Crippen LogP contribution in [0.3, 0.4) is 0 Å². The highest BCUT2D eigenvalue weighted by atomic mass is 32.2. The first-order valence-electron chi connectivity index (χ1n) is 9.40. The van der Waals surface area contributed by atoms with Crippen LogP contribution in [0.1, 0.15) is 21.6 Å². The van der Waals surface area contributed by atoms with E-state index >= 15 is 0 Å². The Morgan fingerprint density at radius 2 is 1.90 bits per heavy atom. The number of carbonyl (C=O) groups is 1. The molecule has 31 heavy (non-hydrogen) atoms. The number of fused-ring (bicyclic) bond motifs is 1. The Labute approximate surface area is 179 Å². The second kappa shape index (κ2) is 8.21. The van der Waals surface area contributed by atoms with Gasteiger partial charge in [-0.1, -0.05) is 12.1 Å². The number of hydrogen-bond acceptors (Lipinski definition) is 5. The summed E-state index contributed by atoms with van der Waals surface area (Å²) >= 11 is 0. The van der Waals surface area contributed by atoms with Crippen LogP contribution in [0.15, 0.2) is 78.0 Å². The number of pyridine rings is 1. The lowest BCUT2D eigenvalue weighted by Crippen LogP contribution is -2.16. The zero-order chi connectivity index (χ0) is 22.0. The molecule has 0 aliphatic heterocycles. The second-order valence-electron chi connectivity index (χ2n) is 6.99. The number of hydrogen-bond donors (Lipinski definition) is 2. The standard InChI is InChI=1S/C22H20N4O4S/c1-15-5-8-17(12-20(15)31(23,28)29)25-22(27)16-6-9-19(10-7-16)30-14-18-13-26-11-3-2-4-21(26)24-18/h2-13H,14H2,1H3,(H,25,27)(H2,23,28,29). The third-order valence-corrected chi connectivity index (χ3v) is 5.72. The maximum Gasteiger partial charge on any atom is 0.255 e. The van der Waals surface area contributed by atoms with E-state index in [2.05, 4.69) is 10.3 Å². The Kier molecular flexibility index (Phi) is 5.45. The van der Waals surface area contributed by atoms with Crippen LogP contribution in [0, 0.1) is 6.92 Å². The number of imidazole rings is 1. The first-order valence-corrected chi connectivity index (χ1v) is 10.9. The van der Waals surface area contributed by atoms with Crippen LogP contribution in [0.5, 0.6) is 5.75 Å². The maximum absolute atomic E-state index is 12.5. The Morgan fingerprint density at radius 1 is 1.13 bits per heavy atom. The van der Waals surface area contributed by atoms with Gasteiger partial charge in [-0.15, -0.1) is 0 Å². The number of carbonyl (C=O) groups excluding carboxylic acids is 1. The second-order valence-corrected chi connectivity index (χ2v) is 8.52. The molecule has 1 amide bonds. The van der Waals surface area contributed by atoms with E-state index in [1.807, 2.05) is 35.0 Å². The van der Waals surface area contributed by atoms with E-state index in [1.165, 1.54) is 6.07 Å². The third kappa shape index (κ3) is 4.73. The molecule has 0 saturated carbocycles. The molecule has 4 aromatic rings. The molecular weight excluding hydrogens is 416 g/mol. The minimum atomic E-state index is -3.87. The van der Waals surface area contributed by atoms with Crippen molar-refractivity contribution < 1.29 is 17.9 Å². The summed E-state index contributed by atoms with van der Waals surface area (Å²) in [7, 11) is -3.87. The number of anilines is 1. The first-order chi connectivity index (χ1) is 14.8. The summed E-state index contributed by atoms with van der Waals surface area (Å²) in [4.78, 5) is 17.0. The molecular formula is C22H20N4O4S. The summed E-state index contributed by atoms with van der Waals surface area (Å²) in [5.41, 5.74) is 2.88. The zero-order valence-corrected chi connectivity index (χ0v) is 17.5. The summed E-state index contributed by atoms with van der Waals surface area (Å²) < 4.78 is 31.0. The van der Waals surface area contributed by atoms with Crippen molar-refractivity contribution in [3.63, 3.8) is 0 Å². The third-order valence-electron chi connectivity index (χ3n) is 4.67. The molecule has 0 aliphatic rings. The fourth-order valence-corrected chi connectivity index (χ4v) is 3.91. The van der Waals surface area contributed by atoms with Crippen molar-refractivity contribution in [2.75, 3.05) is 5.32 Å². The van der Waals surface area contributed by atoms with Crippen molar-refractivity contribution in [1.29, 1.82) is 0 Å². The molecule has 9 heteroatoms. The molecule has 0 saturated heterocycles. The number of ether oxygens (including phenoxy) is 1. The fraction of sp³-hybridized carbons (Fsp3) is 0.0909. The molecule has 4 rings (SSSR count). The molecule has 3 N–H and O–H groups in total. The molecule has 0 bridgehead atoms. The Morgan fingerprint density at radius 3 is 2.61 bits per heavy atom. The summed E-state index contributed by atoms with van der Waals surface area (Å²) in [5.74, 6) is 0.219. The van der Waals surface area contributed by atoms with Crippen LogP contribution in [0.25, 0.3) is 5.65 Å². The molecule has 2 heterocycles. The first kappa shape index (κ1) is 20.6. The van der Waals surface area contributed by atoms with Crippen molar-refractivity contribution >= 4 is 27.3 Å². The van der Waals surface area contributed by atoms with Gasteiger partial charge in [0, 0.05) is 23.6 Å². The quantitative estimate of drug-likeness (QED) is 0.482. The maximum atomic E-state index is 12.5. The highest BCUT2D eigenvalue weighted by Gasteiger charge is 2.14. The SMILES string of the molecule is Cc1ccc(NC(=O)c2ccc(OCc3cn4ccccc4n3)cc2)cc1S(N)(=O)=O. The summed E-state index contributed by atoms with van der Waals surface area (Å²) in [5, 5.41) is 7.89. The van der Waals surface area contributed by atoms with Crippen molar-refractivity contribution in [3.05, 3.63) is 89.9 Å². The van der Waals surface area contributed by atoms with Gasteiger partial charge in [0.05, 0.1) is 10.6 Å². The largest absolute Gasteiger partial charge is 0.487 e. The topological polar surface area (TPSA) is 116 Å².